The van der Waals surface area contributed by atoms with E-state index in [1.165, 1.54) is 11.9 Å². The molecule has 1 heterocycles. The summed E-state index contributed by atoms with van der Waals surface area (Å²) in [7, 11) is 1.50. The molecule has 1 aliphatic heterocycles. The number of rotatable bonds is 3. The lowest BCUT2D eigenvalue weighted by atomic mass is 9.93. The first-order chi connectivity index (χ1) is 9.39. The molecule has 1 aromatic rings. The fraction of sp³-hybridized carbons (Fsp3) is 0.500. The van der Waals surface area contributed by atoms with Gasteiger partial charge in [-0.15, -0.1) is 0 Å². The molecule has 1 N–H and O–H groups in total. The number of ether oxygens (including phenoxy) is 1. The van der Waals surface area contributed by atoms with Crippen molar-refractivity contribution in [3.8, 4) is 0 Å². The maximum Gasteiger partial charge on any atom is 0.253 e. The molecule has 0 atom stereocenters. The zero-order chi connectivity index (χ0) is 14.8. The third kappa shape index (κ3) is 3.52. The minimum atomic E-state index is -1.01. The largest absolute Gasteiger partial charge is 0.388 e. The highest BCUT2D eigenvalue weighted by atomic mass is 19.1. The van der Waals surface area contributed by atoms with E-state index in [1.54, 1.807) is 0 Å². The maximum absolute atomic E-state index is 13.1. The Morgan fingerprint density at radius 2 is 1.85 bits per heavy atom. The Bertz CT molecular complexity index is 481. The minimum Gasteiger partial charge on any atom is -0.388 e. The molecule has 2 rings (SSSR count). The summed E-state index contributed by atoms with van der Waals surface area (Å²) in [6.07, 6.45) is 0.865. The molecule has 1 aliphatic rings. The Balaban J connectivity index is 2.08. The molecule has 6 heteroatoms. The SMILES string of the molecule is CN(CC1(O)CCOCC1)C(=O)c1cc(F)cc(F)c1. The van der Waals surface area contributed by atoms with Crippen LogP contribution < -0.4 is 0 Å². The molecule has 1 amide bonds. The second-order valence-corrected chi connectivity index (χ2v) is 5.16. The standard InChI is InChI=1S/C14H17F2NO3/c1-17(9-14(19)2-4-20-5-3-14)13(18)10-6-11(15)8-12(16)7-10/h6-8,19H,2-5,9H2,1H3. The van der Waals surface area contributed by atoms with Gasteiger partial charge >= 0.3 is 0 Å². The quantitative estimate of drug-likeness (QED) is 0.917. The minimum absolute atomic E-state index is 0.0688. The fourth-order valence-electron chi connectivity index (χ4n) is 2.32. The molecule has 1 aromatic carbocycles. The van der Waals surface area contributed by atoms with Crippen molar-refractivity contribution in [2.45, 2.75) is 18.4 Å². The van der Waals surface area contributed by atoms with Gasteiger partial charge < -0.3 is 14.7 Å². The number of hydrogen-bond donors (Lipinski definition) is 1. The molecule has 0 unspecified atom stereocenters. The fourth-order valence-corrected chi connectivity index (χ4v) is 2.32. The highest BCUT2D eigenvalue weighted by Gasteiger charge is 2.32. The van der Waals surface area contributed by atoms with Crippen LogP contribution in [0.3, 0.4) is 0 Å². The van der Waals surface area contributed by atoms with Crippen LogP contribution in [0.1, 0.15) is 23.2 Å². The van der Waals surface area contributed by atoms with Gasteiger partial charge in [0.2, 0.25) is 0 Å². The molecule has 0 bridgehead atoms. The maximum atomic E-state index is 13.1. The number of halogens is 2. The molecule has 110 valence electrons. The lowest BCUT2D eigenvalue weighted by Gasteiger charge is -2.35. The van der Waals surface area contributed by atoms with E-state index in [9.17, 15) is 18.7 Å². The van der Waals surface area contributed by atoms with E-state index in [2.05, 4.69) is 0 Å². The normalized spacial score (nSPS) is 17.8. The topological polar surface area (TPSA) is 49.8 Å². The van der Waals surface area contributed by atoms with Gasteiger partial charge in [0, 0.05) is 51.3 Å². The number of amides is 1. The van der Waals surface area contributed by atoms with Crippen molar-refractivity contribution >= 4 is 5.91 Å². The van der Waals surface area contributed by atoms with Crippen LogP contribution in [-0.2, 0) is 4.74 Å². The lowest BCUT2D eigenvalue weighted by molar-refractivity contribution is -0.0734. The molecule has 0 aromatic heterocycles. The van der Waals surface area contributed by atoms with Crippen LogP contribution in [0.4, 0.5) is 8.78 Å². The van der Waals surface area contributed by atoms with Crippen molar-refractivity contribution in [3.05, 3.63) is 35.4 Å². The van der Waals surface area contributed by atoms with E-state index in [4.69, 9.17) is 4.74 Å². The monoisotopic (exact) mass is 285 g/mol. The molecular formula is C14H17F2NO3. The van der Waals surface area contributed by atoms with Gasteiger partial charge in [0.05, 0.1) is 5.60 Å². The summed E-state index contributed by atoms with van der Waals surface area (Å²) in [6.45, 7) is 0.980. The molecular weight excluding hydrogens is 268 g/mol. The average molecular weight is 285 g/mol. The smallest absolute Gasteiger partial charge is 0.253 e. The Kier molecular flexibility index (Phi) is 4.35. The highest BCUT2D eigenvalue weighted by molar-refractivity contribution is 5.94. The summed E-state index contributed by atoms with van der Waals surface area (Å²) in [4.78, 5) is 13.4. The van der Waals surface area contributed by atoms with Gasteiger partial charge in [-0.2, -0.15) is 0 Å². The highest BCUT2D eigenvalue weighted by Crippen LogP contribution is 2.22. The van der Waals surface area contributed by atoms with Crippen molar-refractivity contribution in [1.82, 2.24) is 4.90 Å². The van der Waals surface area contributed by atoms with Gasteiger partial charge in [0.1, 0.15) is 11.6 Å². The molecule has 4 nitrogen and oxygen atoms in total. The molecule has 1 fully saturated rings. The van der Waals surface area contributed by atoms with Crippen molar-refractivity contribution in [3.63, 3.8) is 0 Å². The van der Waals surface area contributed by atoms with Crippen LogP contribution in [-0.4, -0.2) is 48.3 Å². The Hall–Kier alpha value is -1.53. The first-order valence-corrected chi connectivity index (χ1v) is 6.41. The van der Waals surface area contributed by atoms with E-state index in [-0.39, 0.29) is 12.1 Å². The number of carbonyl (C=O) groups is 1. The first-order valence-electron chi connectivity index (χ1n) is 6.41. The van der Waals surface area contributed by atoms with Crippen LogP contribution in [0.2, 0.25) is 0 Å². The van der Waals surface area contributed by atoms with Crippen LogP contribution in [0, 0.1) is 11.6 Å². The van der Waals surface area contributed by atoms with E-state index < -0.39 is 23.1 Å². The molecule has 0 saturated carbocycles. The molecule has 1 saturated heterocycles. The van der Waals surface area contributed by atoms with Crippen molar-refractivity contribution in [2.24, 2.45) is 0 Å². The second kappa shape index (κ2) is 5.85. The van der Waals surface area contributed by atoms with Crippen LogP contribution in [0.5, 0.6) is 0 Å². The first kappa shape index (κ1) is 14.9. The average Bonchev–Trinajstić information content (AvgIpc) is 2.37. The van der Waals surface area contributed by atoms with E-state index in [0.717, 1.165) is 12.1 Å². The molecule has 0 spiro atoms. The number of nitrogens with zero attached hydrogens (tertiary/aromatic N) is 1. The van der Waals surface area contributed by atoms with Gasteiger partial charge in [-0.3, -0.25) is 4.79 Å². The molecule has 0 aliphatic carbocycles. The lowest BCUT2D eigenvalue weighted by Crippen LogP contribution is -2.47. The predicted molar refractivity (Wildman–Crippen MR) is 68.3 cm³/mol. The van der Waals surface area contributed by atoms with Crippen molar-refractivity contribution in [2.75, 3.05) is 26.8 Å². The zero-order valence-electron chi connectivity index (χ0n) is 11.2. The van der Waals surface area contributed by atoms with Gasteiger partial charge in [0.15, 0.2) is 0 Å². The van der Waals surface area contributed by atoms with E-state index in [0.29, 0.717) is 32.1 Å². The number of carbonyl (C=O) groups excluding carboxylic acids is 1. The number of aliphatic hydroxyl groups is 1. The second-order valence-electron chi connectivity index (χ2n) is 5.16. The molecule has 20 heavy (non-hydrogen) atoms. The predicted octanol–water partition coefficient (Wildman–Crippen LogP) is 1.58. The van der Waals surface area contributed by atoms with E-state index >= 15 is 0 Å². The Morgan fingerprint density at radius 1 is 1.30 bits per heavy atom. The summed E-state index contributed by atoms with van der Waals surface area (Å²) in [5.74, 6) is -2.12. The van der Waals surface area contributed by atoms with Gasteiger partial charge in [0.25, 0.3) is 5.91 Å². The third-order valence-corrected chi connectivity index (χ3v) is 3.41. The van der Waals surface area contributed by atoms with Crippen LogP contribution >= 0.6 is 0 Å². The van der Waals surface area contributed by atoms with Crippen molar-refractivity contribution < 1.29 is 23.4 Å². The van der Waals surface area contributed by atoms with Crippen molar-refractivity contribution in [1.29, 1.82) is 0 Å². The molecule has 0 radical (unpaired) electrons. The zero-order valence-corrected chi connectivity index (χ0v) is 11.2. The summed E-state index contributed by atoms with van der Waals surface area (Å²) in [5.41, 5.74) is -1.07. The van der Waals surface area contributed by atoms with Crippen LogP contribution in [0.25, 0.3) is 0 Å². The third-order valence-electron chi connectivity index (χ3n) is 3.41. The number of hydrogen-bond acceptors (Lipinski definition) is 3. The summed E-state index contributed by atoms with van der Waals surface area (Å²) in [5, 5.41) is 10.3. The number of benzene rings is 1. The summed E-state index contributed by atoms with van der Waals surface area (Å²) < 4.78 is 31.4. The summed E-state index contributed by atoms with van der Waals surface area (Å²) in [6, 6.07) is 2.68. The summed E-state index contributed by atoms with van der Waals surface area (Å²) >= 11 is 0. The van der Waals surface area contributed by atoms with Gasteiger partial charge in [-0.25, -0.2) is 8.78 Å². The van der Waals surface area contributed by atoms with Gasteiger partial charge in [-0.05, 0) is 12.1 Å². The Labute approximate surface area is 116 Å². The van der Waals surface area contributed by atoms with Crippen LogP contribution in [0.15, 0.2) is 18.2 Å². The Morgan fingerprint density at radius 3 is 2.40 bits per heavy atom. The van der Waals surface area contributed by atoms with E-state index in [1.807, 2.05) is 0 Å². The number of likely N-dealkylation sites (N-methyl/N-ethyl adjacent to an activating group) is 1. The van der Waals surface area contributed by atoms with Gasteiger partial charge in [-0.1, -0.05) is 0 Å².